The number of carbonyl (C=O) groups is 2. The minimum absolute atomic E-state index is 0.0705. The number of nitrogens with one attached hydrogen (secondary N) is 1. The maximum atomic E-state index is 13.5. The van der Waals surface area contributed by atoms with Crippen LogP contribution in [0.25, 0.3) is 0 Å². The number of hydrogen-bond donors (Lipinski definition) is 1. The fraction of sp³-hybridized carbons (Fsp3) is 0.417. The van der Waals surface area contributed by atoms with Crippen LogP contribution in [0.15, 0.2) is 42.5 Å². The van der Waals surface area contributed by atoms with Crippen LogP contribution >= 0.6 is 23.2 Å². The summed E-state index contributed by atoms with van der Waals surface area (Å²) in [7, 11) is -3.83. The number of sulfonamides is 1. The molecule has 0 saturated carbocycles. The molecule has 1 atom stereocenters. The van der Waals surface area contributed by atoms with Crippen molar-refractivity contribution in [2.24, 2.45) is 0 Å². The van der Waals surface area contributed by atoms with E-state index in [0.717, 1.165) is 17.0 Å². The number of amides is 2. The van der Waals surface area contributed by atoms with Crippen molar-refractivity contribution in [3.05, 3.63) is 58.1 Å². The van der Waals surface area contributed by atoms with Crippen LogP contribution in [0.2, 0.25) is 10.0 Å². The average molecular weight is 545 g/mol. The molecule has 1 N–H and O–H groups in total. The number of benzene rings is 2. The molecule has 0 aliphatic heterocycles. The van der Waals surface area contributed by atoms with Crippen LogP contribution in [0.3, 0.4) is 0 Å². The molecule has 2 amide bonds. The Bertz CT molecular complexity index is 1110. The van der Waals surface area contributed by atoms with Gasteiger partial charge in [-0.15, -0.1) is 0 Å². The minimum atomic E-state index is -3.83. The first kappa shape index (κ1) is 28.7. The Kier molecular flexibility index (Phi) is 10.7. The molecule has 2 aromatic rings. The molecular weight excluding hydrogens is 513 g/mol. The lowest BCUT2D eigenvalue weighted by Crippen LogP contribution is -2.51. The molecule has 0 bridgehead atoms. The SMILES string of the molecule is CCCNC(=O)[C@@H](C)N(Cc1c(Cl)cccc1Cl)C(=O)CN(c1ccc(OCC)cc1)S(C)(=O)=O. The molecule has 0 unspecified atom stereocenters. The Morgan fingerprint density at radius 3 is 2.17 bits per heavy atom. The smallest absolute Gasteiger partial charge is 0.244 e. The standard InChI is InChI=1S/C24H31Cl2N3O5S/c1-5-14-27-24(31)17(3)28(15-20-21(25)8-7-9-22(20)26)23(30)16-29(35(4,32)33)18-10-12-19(13-11-18)34-6-2/h7-13,17H,5-6,14-16H2,1-4H3,(H,27,31)/t17-/m1/s1. The molecule has 0 heterocycles. The van der Waals surface area contributed by atoms with Gasteiger partial charge in [-0.1, -0.05) is 36.2 Å². The van der Waals surface area contributed by atoms with E-state index in [1.54, 1.807) is 49.4 Å². The number of hydrogen-bond acceptors (Lipinski definition) is 5. The third-order valence-corrected chi connectivity index (χ3v) is 7.07. The number of ether oxygens (including phenoxy) is 1. The van der Waals surface area contributed by atoms with Gasteiger partial charge in [-0.25, -0.2) is 8.42 Å². The molecule has 0 aromatic heterocycles. The van der Waals surface area contributed by atoms with E-state index in [1.807, 2.05) is 13.8 Å². The molecule has 192 valence electrons. The van der Waals surface area contributed by atoms with Crippen LogP contribution < -0.4 is 14.4 Å². The van der Waals surface area contributed by atoms with Gasteiger partial charge in [-0.05, 0) is 56.7 Å². The zero-order chi connectivity index (χ0) is 26.2. The second-order valence-electron chi connectivity index (χ2n) is 7.89. The Labute approximate surface area is 217 Å². The van der Waals surface area contributed by atoms with Gasteiger partial charge in [0.05, 0.1) is 18.6 Å². The van der Waals surface area contributed by atoms with Gasteiger partial charge in [0.25, 0.3) is 0 Å². The fourth-order valence-electron chi connectivity index (χ4n) is 3.32. The van der Waals surface area contributed by atoms with Crippen LogP contribution in [0.5, 0.6) is 5.75 Å². The highest BCUT2D eigenvalue weighted by Gasteiger charge is 2.30. The summed E-state index contributed by atoms with van der Waals surface area (Å²) in [6.07, 6.45) is 1.74. The van der Waals surface area contributed by atoms with Gasteiger partial charge >= 0.3 is 0 Å². The fourth-order valence-corrected chi connectivity index (χ4v) is 4.69. The first-order chi connectivity index (χ1) is 16.5. The number of carbonyl (C=O) groups excluding carboxylic acids is 2. The first-order valence-electron chi connectivity index (χ1n) is 11.2. The lowest BCUT2D eigenvalue weighted by Gasteiger charge is -2.32. The van der Waals surface area contributed by atoms with E-state index in [4.69, 9.17) is 27.9 Å². The molecule has 0 aliphatic rings. The number of halogens is 2. The van der Waals surface area contributed by atoms with Crippen molar-refractivity contribution in [2.75, 3.05) is 30.3 Å². The van der Waals surface area contributed by atoms with Crippen LogP contribution in [-0.4, -0.2) is 57.1 Å². The van der Waals surface area contributed by atoms with Gasteiger partial charge in [0.15, 0.2) is 0 Å². The summed E-state index contributed by atoms with van der Waals surface area (Å²) < 4.78 is 31.6. The van der Waals surface area contributed by atoms with Gasteiger partial charge in [-0.3, -0.25) is 13.9 Å². The highest BCUT2D eigenvalue weighted by molar-refractivity contribution is 7.92. The van der Waals surface area contributed by atoms with Crippen molar-refractivity contribution in [1.82, 2.24) is 10.2 Å². The Hall–Kier alpha value is -2.49. The summed E-state index contributed by atoms with van der Waals surface area (Å²) in [5, 5.41) is 3.44. The zero-order valence-electron chi connectivity index (χ0n) is 20.3. The molecular formula is C24H31Cl2N3O5S. The highest BCUT2D eigenvalue weighted by atomic mass is 35.5. The normalized spacial score (nSPS) is 12.1. The second kappa shape index (κ2) is 13.0. The van der Waals surface area contributed by atoms with Crippen LogP contribution in [-0.2, 0) is 26.2 Å². The second-order valence-corrected chi connectivity index (χ2v) is 10.6. The molecule has 0 fully saturated rings. The molecule has 2 rings (SSSR count). The number of anilines is 1. The summed E-state index contributed by atoms with van der Waals surface area (Å²) in [4.78, 5) is 27.5. The molecule has 8 nitrogen and oxygen atoms in total. The molecule has 11 heteroatoms. The predicted octanol–water partition coefficient (Wildman–Crippen LogP) is 4.10. The van der Waals surface area contributed by atoms with E-state index >= 15 is 0 Å². The van der Waals surface area contributed by atoms with Gasteiger partial charge in [0, 0.05) is 28.7 Å². The maximum absolute atomic E-state index is 13.5. The van der Waals surface area contributed by atoms with Gasteiger partial charge < -0.3 is 15.0 Å². The molecule has 0 aliphatic carbocycles. The van der Waals surface area contributed by atoms with E-state index in [9.17, 15) is 18.0 Å². The zero-order valence-corrected chi connectivity index (χ0v) is 22.6. The van der Waals surface area contributed by atoms with E-state index in [-0.39, 0.29) is 12.5 Å². The molecule has 0 saturated heterocycles. The monoisotopic (exact) mass is 543 g/mol. The highest BCUT2D eigenvalue weighted by Crippen LogP contribution is 2.27. The van der Waals surface area contributed by atoms with Crippen LogP contribution in [0.4, 0.5) is 5.69 Å². The molecule has 2 aromatic carbocycles. The number of rotatable bonds is 12. The van der Waals surface area contributed by atoms with Gasteiger partial charge in [0.1, 0.15) is 18.3 Å². The maximum Gasteiger partial charge on any atom is 0.244 e. The van der Waals surface area contributed by atoms with Crippen molar-refractivity contribution in [2.45, 2.75) is 39.8 Å². The van der Waals surface area contributed by atoms with E-state index < -0.39 is 28.5 Å². The van der Waals surface area contributed by atoms with Gasteiger partial charge in [0.2, 0.25) is 21.8 Å². The van der Waals surface area contributed by atoms with E-state index in [1.165, 1.54) is 4.90 Å². The summed E-state index contributed by atoms with van der Waals surface area (Å²) in [6.45, 7) is 5.66. The van der Waals surface area contributed by atoms with Crippen molar-refractivity contribution >= 4 is 50.7 Å². The van der Waals surface area contributed by atoms with E-state index in [2.05, 4.69) is 5.32 Å². The quantitative estimate of drug-likeness (QED) is 0.434. The largest absolute Gasteiger partial charge is 0.494 e. The Morgan fingerprint density at radius 2 is 1.66 bits per heavy atom. The van der Waals surface area contributed by atoms with Gasteiger partial charge in [-0.2, -0.15) is 0 Å². The number of nitrogens with zero attached hydrogens (tertiary/aromatic N) is 2. The summed E-state index contributed by atoms with van der Waals surface area (Å²) in [6, 6.07) is 10.4. The summed E-state index contributed by atoms with van der Waals surface area (Å²) in [5.41, 5.74) is 0.759. The lowest BCUT2D eigenvalue weighted by atomic mass is 10.1. The Balaban J connectivity index is 2.41. The average Bonchev–Trinajstić information content (AvgIpc) is 2.80. The topological polar surface area (TPSA) is 96.0 Å². The summed E-state index contributed by atoms with van der Waals surface area (Å²) >= 11 is 12.6. The van der Waals surface area contributed by atoms with Crippen LogP contribution in [0.1, 0.15) is 32.8 Å². The third kappa shape index (κ3) is 8.02. The van der Waals surface area contributed by atoms with Crippen LogP contribution in [0, 0.1) is 0 Å². The van der Waals surface area contributed by atoms with Crippen molar-refractivity contribution < 1.29 is 22.7 Å². The molecule has 35 heavy (non-hydrogen) atoms. The molecule has 0 spiro atoms. The first-order valence-corrected chi connectivity index (χ1v) is 13.8. The minimum Gasteiger partial charge on any atom is -0.494 e. The van der Waals surface area contributed by atoms with Crippen molar-refractivity contribution in [3.63, 3.8) is 0 Å². The summed E-state index contributed by atoms with van der Waals surface area (Å²) in [5.74, 6) is -0.373. The van der Waals surface area contributed by atoms with E-state index in [0.29, 0.717) is 40.2 Å². The molecule has 0 radical (unpaired) electrons. The Morgan fingerprint density at radius 1 is 1.06 bits per heavy atom. The predicted molar refractivity (Wildman–Crippen MR) is 140 cm³/mol. The third-order valence-electron chi connectivity index (χ3n) is 5.22. The van der Waals surface area contributed by atoms with Crippen molar-refractivity contribution in [3.8, 4) is 5.75 Å². The lowest BCUT2D eigenvalue weighted by molar-refractivity contribution is -0.139. The van der Waals surface area contributed by atoms with Crippen molar-refractivity contribution in [1.29, 1.82) is 0 Å².